The van der Waals surface area contributed by atoms with Gasteiger partial charge in [0, 0.05) is 26.2 Å². The zero-order valence-electron chi connectivity index (χ0n) is 14.1. The van der Waals surface area contributed by atoms with Crippen LogP contribution in [0.4, 0.5) is 4.79 Å². The number of nitrogens with zero attached hydrogens (tertiary/aromatic N) is 1. The van der Waals surface area contributed by atoms with Crippen LogP contribution in [0.2, 0.25) is 0 Å². The van der Waals surface area contributed by atoms with E-state index < -0.39 is 0 Å². The van der Waals surface area contributed by atoms with Crippen LogP contribution in [0.15, 0.2) is 18.2 Å². The molecule has 6 heteroatoms. The van der Waals surface area contributed by atoms with Gasteiger partial charge in [-0.15, -0.1) is 0 Å². The number of ether oxygens (including phenoxy) is 3. The number of carbonyl (C=O) groups is 1. The Morgan fingerprint density at radius 2 is 2.13 bits per heavy atom. The van der Waals surface area contributed by atoms with Crippen molar-refractivity contribution in [1.29, 1.82) is 0 Å². The van der Waals surface area contributed by atoms with Crippen molar-refractivity contribution in [3.63, 3.8) is 0 Å². The number of amides is 2. The fourth-order valence-electron chi connectivity index (χ4n) is 2.25. The summed E-state index contributed by atoms with van der Waals surface area (Å²) in [7, 11) is 0. The van der Waals surface area contributed by atoms with E-state index in [0.717, 1.165) is 17.1 Å². The molecule has 0 spiro atoms. The van der Waals surface area contributed by atoms with E-state index in [4.69, 9.17) is 14.2 Å². The summed E-state index contributed by atoms with van der Waals surface area (Å²) in [4.78, 5) is 14.0. The number of benzene rings is 1. The average molecular weight is 322 g/mol. The maximum Gasteiger partial charge on any atom is 0.317 e. The van der Waals surface area contributed by atoms with Crippen molar-refractivity contribution < 1.29 is 19.0 Å². The molecule has 1 aliphatic rings. The summed E-state index contributed by atoms with van der Waals surface area (Å²) < 4.78 is 16.1. The molecule has 0 radical (unpaired) electrons. The van der Waals surface area contributed by atoms with Gasteiger partial charge in [0.15, 0.2) is 11.5 Å². The lowest BCUT2D eigenvalue weighted by atomic mass is 10.2. The van der Waals surface area contributed by atoms with Crippen LogP contribution in [-0.4, -0.2) is 44.0 Å². The first-order valence-electron chi connectivity index (χ1n) is 8.09. The largest absolute Gasteiger partial charge is 0.454 e. The molecule has 1 N–H and O–H groups in total. The predicted octanol–water partition coefficient (Wildman–Crippen LogP) is 2.62. The molecule has 6 nitrogen and oxygen atoms in total. The molecule has 0 fully saturated rings. The lowest BCUT2D eigenvalue weighted by molar-refractivity contribution is 0.111. The summed E-state index contributed by atoms with van der Waals surface area (Å²) in [5.74, 6) is 1.99. The molecule has 0 saturated heterocycles. The van der Waals surface area contributed by atoms with E-state index in [1.165, 1.54) is 0 Å². The Kier molecular flexibility index (Phi) is 6.52. The molecule has 0 aliphatic carbocycles. The highest BCUT2D eigenvalue weighted by molar-refractivity contribution is 5.74. The minimum absolute atomic E-state index is 0.0849. The van der Waals surface area contributed by atoms with Crippen molar-refractivity contribution in [1.82, 2.24) is 10.2 Å². The molecule has 23 heavy (non-hydrogen) atoms. The van der Waals surface area contributed by atoms with Crippen molar-refractivity contribution in [3.8, 4) is 11.5 Å². The van der Waals surface area contributed by atoms with Crippen LogP contribution in [0, 0.1) is 5.92 Å². The van der Waals surface area contributed by atoms with Gasteiger partial charge < -0.3 is 24.4 Å². The minimum atomic E-state index is -0.0849. The van der Waals surface area contributed by atoms with E-state index in [1.54, 1.807) is 4.90 Å². The number of hydrogen-bond acceptors (Lipinski definition) is 4. The summed E-state index contributed by atoms with van der Waals surface area (Å²) in [6, 6.07) is 5.67. The van der Waals surface area contributed by atoms with Crippen molar-refractivity contribution in [2.24, 2.45) is 5.92 Å². The molecule has 0 bridgehead atoms. The summed E-state index contributed by atoms with van der Waals surface area (Å²) in [5, 5.41) is 2.89. The van der Waals surface area contributed by atoms with Gasteiger partial charge >= 0.3 is 6.03 Å². The molecule has 2 rings (SSSR count). The standard InChI is InChI=1S/C17H26N2O4/c1-4-19(17(20)18-7-8-21-11-13(2)3)10-14-5-6-15-16(9-14)23-12-22-15/h5-6,9,13H,4,7-8,10-12H2,1-3H3,(H,18,20). The van der Waals surface area contributed by atoms with Crippen molar-refractivity contribution in [2.75, 3.05) is 33.1 Å². The van der Waals surface area contributed by atoms with Gasteiger partial charge in [0.1, 0.15) is 0 Å². The quantitative estimate of drug-likeness (QED) is 0.748. The number of urea groups is 1. The average Bonchev–Trinajstić information content (AvgIpc) is 2.99. The van der Waals surface area contributed by atoms with Crippen molar-refractivity contribution in [3.05, 3.63) is 23.8 Å². The third-order valence-corrected chi connectivity index (χ3v) is 3.45. The highest BCUT2D eigenvalue weighted by Gasteiger charge is 2.16. The molecular weight excluding hydrogens is 296 g/mol. The second-order valence-electron chi connectivity index (χ2n) is 5.90. The van der Waals surface area contributed by atoms with Crippen LogP contribution in [0.1, 0.15) is 26.3 Å². The highest BCUT2D eigenvalue weighted by Crippen LogP contribution is 2.32. The number of fused-ring (bicyclic) bond motifs is 1. The summed E-state index contributed by atoms with van der Waals surface area (Å²) in [6.45, 7) is 9.35. The summed E-state index contributed by atoms with van der Waals surface area (Å²) in [5.41, 5.74) is 1.02. The Bertz CT molecular complexity index is 519. The molecule has 1 aliphatic heterocycles. The highest BCUT2D eigenvalue weighted by atomic mass is 16.7. The third-order valence-electron chi connectivity index (χ3n) is 3.45. The molecule has 1 aromatic carbocycles. The van der Waals surface area contributed by atoms with Gasteiger partial charge in [-0.1, -0.05) is 19.9 Å². The molecular formula is C17H26N2O4. The zero-order valence-corrected chi connectivity index (χ0v) is 14.1. The first-order chi connectivity index (χ1) is 11.1. The molecule has 2 amide bonds. The van der Waals surface area contributed by atoms with Gasteiger partial charge in [0.05, 0.1) is 6.61 Å². The van der Waals surface area contributed by atoms with E-state index in [1.807, 2.05) is 25.1 Å². The predicted molar refractivity (Wildman–Crippen MR) is 87.7 cm³/mol. The molecule has 1 aromatic rings. The maximum absolute atomic E-state index is 12.2. The monoisotopic (exact) mass is 322 g/mol. The SMILES string of the molecule is CCN(Cc1ccc2c(c1)OCO2)C(=O)NCCOCC(C)C. The smallest absolute Gasteiger partial charge is 0.317 e. The van der Waals surface area contributed by atoms with Crippen LogP contribution in [-0.2, 0) is 11.3 Å². The third kappa shape index (κ3) is 5.32. The lowest BCUT2D eigenvalue weighted by Crippen LogP contribution is -2.40. The number of hydrogen-bond donors (Lipinski definition) is 1. The van der Waals surface area contributed by atoms with Crippen LogP contribution in [0.5, 0.6) is 11.5 Å². The van der Waals surface area contributed by atoms with Gasteiger partial charge in [0.25, 0.3) is 0 Å². The van der Waals surface area contributed by atoms with Crippen LogP contribution in [0.3, 0.4) is 0 Å². The summed E-state index contributed by atoms with van der Waals surface area (Å²) >= 11 is 0. The molecule has 0 aromatic heterocycles. The second-order valence-corrected chi connectivity index (χ2v) is 5.90. The van der Waals surface area contributed by atoms with E-state index in [0.29, 0.717) is 38.8 Å². The zero-order chi connectivity index (χ0) is 16.7. The lowest BCUT2D eigenvalue weighted by Gasteiger charge is -2.21. The summed E-state index contributed by atoms with van der Waals surface area (Å²) in [6.07, 6.45) is 0. The first kappa shape index (κ1) is 17.4. The van der Waals surface area contributed by atoms with Crippen molar-refractivity contribution in [2.45, 2.75) is 27.3 Å². The molecule has 0 saturated carbocycles. The number of carbonyl (C=O) groups excluding carboxylic acids is 1. The number of rotatable bonds is 8. The normalized spacial score (nSPS) is 12.5. The number of nitrogens with one attached hydrogen (secondary N) is 1. The second kappa shape index (κ2) is 8.62. The molecule has 1 heterocycles. The fourth-order valence-corrected chi connectivity index (χ4v) is 2.25. The Labute approximate surface area is 137 Å². The van der Waals surface area contributed by atoms with Gasteiger partial charge in [-0.3, -0.25) is 0 Å². The van der Waals surface area contributed by atoms with Gasteiger partial charge in [0.2, 0.25) is 6.79 Å². The Hall–Kier alpha value is -1.95. The van der Waals surface area contributed by atoms with Gasteiger partial charge in [-0.25, -0.2) is 4.79 Å². The maximum atomic E-state index is 12.2. The van der Waals surface area contributed by atoms with Gasteiger partial charge in [-0.2, -0.15) is 0 Å². The fraction of sp³-hybridized carbons (Fsp3) is 0.588. The van der Waals surface area contributed by atoms with E-state index >= 15 is 0 Å². The first-order valence-corrected chi connectivity index (χ1v) is 8.09. The molecule has 0 unspecified atom stereocenters. The Morgan fingerprint density at radius 3 is 2.87 bits per heavy atom. The van der Waals surface area contributed by atoms with E-state index in [2.05, 4.69) is 19.2 Å². The Morgan fingerprint density at radius 1 is 1.35 bits per heavy atom. The molecule has 128 valence electrons. The van der Waals surface area contributed by atoms with Crippen LogP contribution in [0.25, 0.3) is 0 Å². The van der Waals surface area contributed by atoms with E-state index in [9.17, 15) is 4.79 Å². The van der Waals surface area contributed by atoms with E-state index in [-0.39, 0.29) is 12.8 Å². The van der Waals surface area contributed by atoms with Crippen molar-refractivity contribution >= 4 is 6.03 Å². The van der Waals surface area contributed by atoms with Gasteiger partial charge in [-0.05, 0) is 30.5 Å². The van der Waals surface area contributed by atoms with Crippen LogP contribution < -0.4 is 14.8 Å². The Balaban J connectivity index is 1.78. The molecule has 0 atom stereocenters. The minimum Gasteiger partial charge on any atom is -0.454 e. The van der Waals surface area contributed by atoms with Crippen LogP contribution >= 0.6 is 0 Å². The topological polar surface area (TPSA) is 60.0 Å².